The third-order valence-electron chi connectivity index (χ3n) is 1.60. The number of nitrogens with zero attached hydrogens (tertiary/aromatic N) is 2. The maximum absolute atomic E-state index is 11.1. The van der Waals surface area contributed by atoms with Crippen molar-refractivity contribution in [3.63, 3.8) is 0 Å². The SMILES string of the molecule is CCNC(=O)Cn1cnc(CN)c1. The summed E-state index contributed by atoms with van der Waals surface area (Å²) in [4.78, 5) is 15.1. The van der Waals surface area contributed by atoms with Crippen LogP contribution >= 0.6 is 0 Å². The first-order chi connectivity index (χ1) is 6.26. The molecule has 1 aromatic heterocycles. The van der Waals surface area contributed by atoms with Gasteiger partial charge in [0, 0.05) is 19.3 Å². The predicted molar refractivity (Wildman–Crippen MR) is 48.8 cm³/mol. The van der Waals surface area contributed by atoms with Crippen molar-refractivity contribution in [2.45, 2.75) is 20.0 Å². The molecule has 0 saturated heterocycles. The zero-order valence-corrected chi connectivity index (χ0v) is 7.66. The van der Waals surface area contributed by atoms with Gasteiger partial charge in [-0.15, -0.1) is 0 Å². The number of hydrogen-bond donors (Lipinski definition) is 2. The van der Waals surface area contributed by atoms with E-state index in [0.29, 0.717) is 19.6 Å². The van der Waals surface area contributed by atoms with Crippen LogP contribution in [0, 0.1) is 0 Å². The van der Waals surface area contributed by atoms with Crippen LogP contribution in [0.3, 0.4) is 0 Å². The number of carbonyl (C=O) groups excluding carboxylic acids is 1. The number of hydrogen-bond acceptors (Lipinski definition) is 3. The second kappa shape index (κ2) is 4.61. The van der Waals surface area contributed by atoms with Gasteiger partial charge in [-0.05, 0) is 6.92 Å². The van der Waals surface area contributed by atoms with E-state index in [-0.39, 0.29) is 5.91 Å². The number of amides is 1. The van der Waals surface area contributed by atoms with Crippen LogP contribution in [0.2, 0.25) is 0 Å². The lowest BCUT2D eigenvalue weighted by Crippen LogP contribution is -2.26. The summed E-state index contributed by atoms with van der Waals surface area (Å²) < 4.78 is 1.72. The first-order valence-electron chi connectivity index (χ1n) is 4.23. The van der Waals surface area contributed by atoms with E-state index < -0.39 is 0 Å². The summed E-state index contributed by atoms with van der Waals surface area (Å²) in [7, 11) is 0. The summed E-state index contributed by atoms with van der Waals surface area (Å²) in [5.74, 6) is -0.0107. The minimum absolute atomic E-state index is 0.0107. The van der Waals surface area contributed by atoms with E-state index in [1.54, 1.807) is 17.1 Å². The Labute approximate surface area is 76.9 Å². The van der Waals surface area contributed by atoms with Crippen molar-refractivity contribution in [2.24, 2.45) is 5.73 Å². The molecule has 0 aliphatic heterocycles. The first kappa shape index (κ1) is 9.73. The van der Waals surface area contributed by atoms with Crippen molar-refractivity contribution in [1.29, 1.82) is 0 Å². The van der Waals surface area contributed by atoms with E-state index in [2.05, 4.69) is 10.3 Å². The van der Waals surface area contributed by atoms with E-state index in [9.17, 15) is 4.79 Å². The molecule has 0 aromatic carbocycles. The number of imidazole rings is 1. The van der Waals surface area contributed by atoms with E-state index >= 15 is 0 Å². The van der Waals surface area contributed by atoms with E-state index in [4.69, 9.17) is 5.73 Å². The van der Waals surface area contributed by atoms with Gasteiger partial charge in [0.2, 0.25) is 5.91 Å². The van der Waals surface area contributed by atoms with Gasteiger partial charge in [-0.2, -0.15) is 0 Å². The van der Waals surface area contributed by atoms with Gasteiger partial charge in [0.15, 0.2) is 0 Å². The smallest absolute Gasteiger partial charge is 0.239 e. The van der Waals surface area contributed by atoms with E-state index in [0.717, 1.165) is 5.69 Å². The molecule has 0 unspecified atom stereocenters. The molecule has 3 N–H and O–H groups in total. The van der Waals surface area contributed by atoms with Crippen LogP contribution in [0.5, 0.6) is 0 Å². The van der Waals surface area contributed by atoms with Crippen LogP contribution < -0.4 is 11.1 Å². The van der Waals surface area contributed by atoms with E-state index in [1.807, 2.05) is 6.92 Å². The van der Waals surface area contributed by atoms with Crippen LogP contribution in [-0.2, 0) is 17.9 Å². The van der Waals surface area contributed by atoms with Gasteiger partial charge in [0.25, 0.3) is 0 Å². The third kappa shape index (κ3) is 2.87. The molecule has 0 radical (unpaired) electrons. The Kier molecular flexibility index (Phi) is 3.45. The van der Waals surface area contributed by atoms with Crippen molar-refractivity contribution in [3.8, 4) is 0 Å². The maximum atomic E-state index is 11.1. The summed E-state index contributed by atoms with van der Waals surface area (Å²) in [6.07, 6.45) is 3.38. The van der Waals surface area contributed by atoms with Gasteiger partial charge in [0.05, 0.1) is 12.0 Å². The molecule has 5 heteroatoms. The lowest BCUT2D eigenvalue weighted by Gasteiger charge is -2.01. The fourth-order valence-electron chi connectivity index (χ4n) is 1.02. The standard InChI is InChI=1S/C8H14N4O/c1-2-10-8(13)5-12-4-7(3-9)11-6-12/h4,6H,2-3,5,9H2,1H3,(H,10,13). The Morgan fingerprint density at radius 2 is 2.54 bits per heavy atom. The summed E-state index contributed by atoms with van der Waals surface area (Å²) in [6.45, 7) is 3.25. The van der Waals surface area contributed by atoms with Gasteiger partial charge in [0.1, 0.15) is 6.54 Å². The van der Waals surface area contributed by atoms with Crippen molar-refractivity contribution >= 4 is 5.91 Å². The number of aromatic nitrogens is 2. The fraction of sp³-hybridized carbons (Fsp3) is 0.500. The highest BCUT2D eigenvalue weighted by Crippen LogP contribution is 1.93. The van der Waals surface area contributed by atoms with Crippen molar-refractivity contribution in [3.05, 3.63) is 18.2 Å². The van der Waals surface area contributed by atoms with Crippen LogP contribution in [0.4, 0.5) is 0 Å². The highest BCUT2D eigenvalue weighted by molar-refractivity contribution is 5.75. The monoisotopic (exact) mass is 182 g/mol. The van der Waals surface area contributed by atoms with Gasteiger partial charge >= 0.3 is 0 Å². The Hall–Kier alpha value is -1.36. The van der Waals surface area contributed by atoms with Crippen molar-refractivity contribution in [2.75, 3.05) is 6.54 Å². The van der Waals surface area contributed by atoms with Crippen molar-refractivity contribution < 1.29 is 4.79 Å². The quantitative estimate of drug-likeness (QED) is 0.658. The average molecular weight is 182 g/mol. The van der Waals surface area contributed by atoms with Crippen LogP contribution in [-0.4, -0.2) is 22.0 Å². The number of likely N-dealkylation sites (N-methyl/N-ethyl adjacent to an activating group) is 1. The number of nitrogens with two attached hydrogens (primary N) is 1. The Morgan fingerprint density at radius 1 is 1.77 bits per heavy atom. The second-order valence-corrected chi connectivity index (χ2v) is 2.69. The lowest BCUT2D eigenvalue weighted by atomic mass is 10.5. The molecule has 5 nitrogen and oxygen atoms in total. The van der Waals surface area contributed by atoms with Gasteiger partial charge in [-0.1, -0.05) is 0 Å². The summed E-state index contributed by atoms with van der Waals surface area (Å²) in [5, 5.41) is 2.70. The molecule has 72 valence electrons. The molecule has 0 spiro atoms. The topological polar surface area (TPSA) is 72.9 Å². The Balaban J connectivity index is 2.49. The molecule has 1 rings (SSSR count). The molecule has 0 saturated carbocycles. The molecule has 0 aliphatic rings. The highest BCUT2D eigenvalue weighted by atomic mass is 16.1. The Morgan fingerprint density at radius 3 is 3.08 bits per heavy atom. The van der Waals surface area contributed by atoms with E-state index in [1.165, 1.54) is 0 Å². The molecular weight excluding hydrogens is 168 g/mol. The summed E-state index contributed by atoms with van der Waals surface area (Å²) >= 11 is 0. The molecule has 1 heterocycles. The average Bonchev–Trinajstić information content (AvgIpc) is 2.52. The molecule has 0 fully saturated rings. The first-order valence-corrected chi connectivity index (χ1v) is 4.23. The zero-order chi connectivity index (χ0) is 9.68. The summed E-state index contributed by atoms with van der Waals surface area (Å²) in [5.41, 5.74) is 6.17. The number of nitrogens with one attached hydrogen (secondary N) is 1. The molecular formula is C8H14N4O. The third-order valence-corrected chi connectivity index (χ3v) is 1.60. The molecule has 0 aliphatic carbocycles. The zero-order valence-electron chi connectivity index (χ0n) is 7.66. The van der Waals surface area contributed by atoms with Crippen LogP contribution in [0.15, 0.2) is 12.5 Å². The van der Waals surface area contributed by atoms with Crippen molar-refractivity contribution in [1.82, 2.24) is 14.9 Å². The maximum Gasteiger partial charge on any atom is 0.239 e. The minimum atomic E-state index is -0.0107. The van der Waals surface area contributed by atoms with Crippen LogP contribution in [0.25, 0.3) is 0 Å². The number of rotatable bonds is 4. The lowest BCUT2D eigenvalue weighted by molar-refractivity contribution is -0.121. The molecule has 13 heavy (non-hydrogen) atoms. The fourth-order valence-corrected chi connectivity index (χ4v) is 1.02. The predicted octanol–water partition coefficient (Wildman–Crippen LogP) is -0.522. The summed E-state index contributed by atoms with van der Waals surface area (Å²) in [6, 6.07) is 0. The largest absolute Gasteiger partial charge is 0.355 e. The molecule has 0 bridgehead atoms. The molecule has 1 aromatic rings. The normalized spacial score (nSPS) is 10.0. The van der Waals surface area contributed by atoms with Gasteiger partial charge in [-0.25, -0.2) is 4.98 Å². The van der Waals surface area contributed by atoms with Gasteiger partial charge < -0.3 is 15.6 Å². The van der Waals surface area contributed by atoms with Gasteiger partial charge in [-0.3, -0.25) is 4.79 Å². The van der Waals surface area contributed by atoms with Crippen LogP contribution in [0.1, 0.15) is 12.6 Å². The highest BCUT2D eigenvalue weighted by Gasteiger charge is 2.01. The number of carbonyl (C=O) groups is 1. The second-order valence-electron chi connectivity index (χ2n) is 2.69. The Bertz CT molecular complexity index is 281. The molecule has 1 amide bonds. The molecule has 0 atom stereocenters. The minimum Gasteiger partial charge on any atom is -0.355 e.